The molecule has 0 amide bonds. The highest BCUT2D eigenvalue weighted by Gasteiger charge is 2.21. The predicted octanol–water partition coefficient (Wildman–Crippen LogP) is 20.0. The lowest BCUT2D eigenvalue weighted by atomic mass is 9.91. The van der Waals surface area contributed by atoms with Crippen LogP contribution in [0.4, 0.5) is 34.1 Å². The van der Waals surface area contributed by atoms with Crippen molar-refractivity contribution in [2.24, 2.45) is 0 Å². The maximum absolute atomic E-state index is 4.23. The minimum Gasteiger partial charge on any atom is -0.311 e. The Morgan fingerprint density at radius 1 is 0.329 bits per heavy atom. The van der Waals surface area contributed by atoms with Gasteiger partial charge in [0.2, 0.25) is 0 Å². The van der Waals surface area contributed by atoms with E-state index in [0.717, 1.165) is 89.9 Å². The highest BCUT2D eigenvalue weighted by molar-refractivity contribution is 6.17. The number of fused-ring (bicyclic) bond motifs is 6. The van der Waals surface area contributed by atoms with Gasteiger partial charge >= 0.3 is 0 Å². The topological polar surface area (TPSA) is 16.3 Å². The number of hydrogen-bond donors (Lipinski definition) is 0. The molecule has 0 radical (unpaired) electrons. The summed E-state index contributed by atoms with van der Waals surface area (Å²) in [6.07, 6.45) is 5.77. The van der Waals surface area contributed by atoms with Gasteiger partial charge in [0.25, 0.3) is 0 Å². The van der Waals surface area contributed by atoms with Crippen molar-refractivity contribution in [2.45, 2.75) is 0 Å². The number of allylic oxidation sites excluding steroid dienone is 4. The Kier molecular flexibility index (Phi) is 11.8. The van der Waals surface area contributed by atoms with Gasteiger partial charge in [-0.05, 0) is 179 Å². The molecule has 13 aromatic rings. The van der Waals surface area contributed by atoms with Crippen molar-refractivity contribution in [1.29, 1.82) is 0 Å². The van der Waals surface area contributed by atoms with Crippen LogP contribution >= 0.6 is 0 Å². The number of nitrogens with zero attached hydrogens (tertiary/aromatic N) is 4. The molecule has 0 aliphatic heterocycles. The average Bonchev–Trinajstić information content (AvgIpc) is 4.11. The molecule has 76 heavy (non-hydrogen) atoms. The Labute approximate surface area is 443 Å². The number of aromatic nitrogens is 2. The lowest BCUT2D eigenvalue weighted by Crippen LogP contribution is -2.12. The van der Waals surface area contributed by atoms with E-state index in [1.54, 1.807) is 0 Å². The summed E-state index contributed by atoms with van der Waals surface area (Å²) in [7, 11) is 0. The minimum atomic E-state index is 0.967. The highest BCUT2D eigenvalue weighted by atomic mass is 15.2. The molecule has 2 heterocycles. The molecule has 4 nitrogen and oxygen atoms in total. The number of rotatable bonds is 13. The third-order valence-electron chi connectivity index (χ3n) is 14.6. The van der Waals surface area contributed by atoms with Crippen molar-refractivity contribution in [3.63, 3.8) is 0 Å². The fourth-order valence-electron chi connectivity index (χ4n) is 11.2. The van der Waals surface area contributed by atoms with Gasteiger partial charge in [0.05, 0.1) is 22.1 Å². The van der Waals surface area contributed by atoms with Crippen LogP contribution in [0, 0.1) is 0 Å². The molecule has 0 saturated heterocycles. The molecule has 0 aliphatic rings. The van der Waals surface area contributed by atoms with Crippen LogP contribution in [-0.4, -0.2) is 9.13 Å². The number of benzene rings is 11. The van der Waals surface area contributed by atoms with E-state index in [1.807, 2.05) is 18.2 Å². The maximum atomic E-state index is 4.23. The van der Waals surface area contributed by atoms with Gasteiger partial charge in [0, 0.05) is 67.1 Å². The summed E-state index contributed by atoms with van der Waals surface area (Å²) in [6.45, 7) is 8.28. The highest BCUT2D eigenvalue weighted by Crippen LogP contribution is 2.45. The van der Waals surface area contributed by atoms with Crippen molar-refractivity contribution in [2.75, 3.05) is 9.80 Å². The summed E-state index contributed by atoms with van der Waals surface area (Å²) in [5.41, 5.74) is 19.9. The van der Waals surface area contributed by atoms with E-state index >= 15 is 0 Å². The van der Waals surface area contributed by atoms with Crippen LogP contribution in [0.5, 0.6) is 0 Å². The van der Waals surface area contributed by atoms with Crippen LogP contribution in [0.15, 0.2) is 304 Å². The van der Waals surface area contributed by atoms with Crippen LogP contribution < -0.4 is 9.80 Å². The maximum Gasteiger partial charge on any atom is 0.0547 e. The molecule has 360 valence electrons. The third kappa shape index (κ3) is 8.15. The zero-order chi connectivity index (χ0) is 51.0. The lowest BCUT2D eigenvalue weighted by molar-refractivity contribution is 1.18. The van der Waals surface area contributed by atoms with Crippen molar-refractivity contribution >= 4 is 83.4 Å². The van der Waals surface area contributed by atoms with E-state index in [2.05, 4.69) is 305 Å². The number of para-hydroxylation sites is 6. The average molecular weight is 973 g/mol. The molecule has 0 N–H and O–H groups in total. The van der Waals surface area contributed by atoms with E-state index in [4.69, 9.17) is 0 Å². The first-order valence-corrected chi connectivity index (χ1v) is 25.8. The summed E-state index contributed by atoms with van der Waals surface area (Å²) in [4.78, 5) is 4.66. The molecule has 0 fully saturated rings. The largest absolute Gasteiger partial charge is 0.311 e. The molecular weight excluding hydrogens is 921 g/mol. The van der Waals surface area contributed by atoms with Gasteiger partial charge in [-0.1, -0.05) is 159 Å². The second-order valence-corrected chi connectivity index (χ2v) is 19.0. The molecule has 0 aliphatic carbocycles. The van der Waals surface area contributed by atoms with Crippen LogP contribution in [0.2, 0.25) is 0 Å². The Morgan fingerprint density at radius 3 is 1.42 bits per heavy atom. The van der Waals surface area contributed by atoms with Gasteiger partial charge in [-0.15, -0.1) is 0 Å². The third-order valence-corrected chi connectivity index (χ3v) is 14.6. The minimum absolute atomic E-state index is 0.967. The first kappa shape index (κ1) is 45.7. The van der Waals surface area contributed by atoms with Gasteiger partial charge in [-0.3, -0.25) is 0 Å². The van der Waals surface area contributed by atoms with E-state index in [1.165, 1.54) is 32.6 Å². The summed E-state index contributed by atoms with van der Waals surface area (Å²) < 4.78 is 4.68. The fourth-order valence-corrected chi connectivity index (χ4v) is 11.2. The molecule has 0 bridgehead atoms. The molecule has 0 unspecified atom stereocenters. The van der Waals surface area contributed by atoms with Gasteiger partial charge in [0.1, 0.15) is 0 Å². The second kappa shape index (κ2) is 19.7. The molecule has 13 rings (SSSR count). The van der Waals surface area contributed by atoms with Crippen LogP contribution in [-0.2, 0) is 0 Å². The first-order chi connectivity index (χ1) is 37.6. The number of hydrogen-bond acceptors (Lipinski definition) is 2. The quantitative estimate of drug-likeness (QED) is 0.107. The normalized spacial score (nSPS) is 11.6. The zero-order valence-corrected chi connectivity index (χ0v) is 41.9. The van der Waals surface area contributed by atoms with E-state index in [9.17, 15) is 0 Å². The van der Waals surface area contributed by atoms with E-state index in [0.29, 0.717) is 0 Å². The van der Waals surface area contributed by atoms with Gasteiger partial charge in [0.15, 0.2) is 0 Å². The Bertz CT molecular complexity index is 4260. The Hall–Kier alpha value is -10.2. The van der Waals surface area contributed by atoms with Crippen LogP contribution in [0.25, 0.3) is 88.4 Å². The van der Waals surface area contributed by atoms with Crippen molar-refractivity contribution < 1.29 is 0 Å². The summed E-state index contributed by atoms with van der Waals surface area (Å²) >= 11 is 0. The molecule has 4 heteroatoms. The predicted molar refractivity (Wildman–Crippen MR) is 324 cm³/mol. The fraction of sp³-hybridized carbons (Fsp3) is 0. The zero-order valence-electron chi connectivity index (χ0n) is 41.9. The van der Waals surface area contributed by atoms with E-state index < -0.39 is 0 Å². The molecule has 0 spiro atoms. The summed E-state index contributed by atoms with van der Waals surface area (Å²) in [5, 5.41) is 4.79. The van der Waals surface area contributed by atoms with Gasteiger partial charge in [-0.25, -0.2) is 0 Å². The molecular formula is C72H52N4. The van der Waals surface area contributed by atoms with Crippen molar-refractivity contribution in [3.8, 4) is 39.1 Å². The molecule has 2 aromatic heterocycles. The Morgan fingerprint density at radius 2 is 0.803 bits per heavy atom. The van der Waals surface area contributed by atoms with Crippen molar-refractivity contribution in [1.82, 2.24) is 9.13 Å². The van der Waals surface area contributed by atoms with Crippen LogP contribution in [0.3, 0.4) is 0 Å². The Balaban J connectivity index is 0.994. The van der Waals surface area contributed by atoms with E-state index in [-0.39, 0.29) is 0 Å². The van der Waals surface area contributed by atoms with Gasteiger partial charge < -0.3 is 18.9 Å². The monoisotopic (exact) mass is 972 g/mol. The first-order valence-electron chi connectivity index (χ1n) is 25.8. The lowest BCUT2D eigenvalue weighted by Gasteiger charge is -2.28. The van der Waals surface area contributed by atoms with Crippen LogP contribution in [0.1, 0.15) is 0 Å². The van der Waals surface area contributed by atoms with Gasteiger partial charge in [-0.2, -0.15) is 0 Å². The second-order valence-electron chi connectivity index (χ2n) is 19.0. The molecule has 11 aromatic carbocycles. The van der Waals surface area contributed by atoms with Crippen molar-refractivity contribution in [3.05, 3.63) is 304 Å². The number of anilines is 6. The molecule has 0 saturated carbocycles. The summed E-state index contributed by atoms with van der Waals surface area (Å²) in [5.74, 6) is 0. The summed E-state index contributed by atoms with van der Waals surface area (Å²) in [6, 6.07) is 98.6. The smallest absolute Gasteiger partial charge is 0.0547 e. The molecule has 0 atom stereocenters. The SMILES string of the molecule is C=C/C=C(\C=C)n1c2ccccc2c2c(-c3cc(-c4cccc(N(c5ccccc5)c5ccc(N(c6ccccc6)c6ccccc6)cc5)c4)cc(-c4ccc5c(c4)c4ccccc4n5-c4ccccc4)c3)cccc21. The standard InChI is InChI=1S/C72H52N4/c1-3-23-56(4-2)75-69-38-20-18-35-66(69)72-64(36-22-39-71(72)75)55-47-53(46-54(48-55)52-40-45-70-67(50-52)65-34-17-19-37-68(65)76(70)60-31-15-8-16-32-60)51-24-21-33-63(49-51)74(59-29-13-7-14-30-59)62-43-41-61(42-44-62)73(57-25-9-5-10-26-57)58-27-11-6-12-28-58/h3-50H,1-2H2/b56-23+.